The highest BCUT2D eigenvalue weighted by atomic mass is 32.2. The first-order valence-corrected chi connectivity index (χ1v) is 9.75. The molecule has 1 aliphatic heterocycles. The summed E-state index contributed by atoms with van der Waals surface area (Å²) in [4.78, 5) is 13.1. The zero-order valence-electron chi connectivity index (χ0n) is 15.4. The van der Waals surface area contributed by atoms with E-state index in [2.05, 4.69) is 43.9 Å². The molecule has 0 radical (unpaired) electrons. The number of carbonyl (C=O) groups is 1. The second-order valence-corrected chi connectivity index (χ2v) is 8.10. The van der Waals surface area contributed by atoms with Gasteiger partial charge in [0.25, 0.3) is 0 Å². The van der Waals surface area contributed by atoms with Gasteiger partial charge < -0.3 is 10.5 Å². The molecule has 26 heavy (non-hydrogen) atoms. The highest BCUT2D eigenvalue weighted by Gasteiger charge is 2.27. The van der Waals surface area contributed by atoms with Gasteiger partial charge in [0.05, 0.1) is 12.2 Å². The third-order valence-electron chi connectivity index (χ3n) is 4.60. The molecule has 3 rings (SSSR count). The Hall–Kier alpha value is -2.38. The fraction of sp³-hybridized carbons (Fsp3) is 0.318. The van der Waals surface area contributed by atoms with E-state index in [-0.39, 0.29) is 11.4 Å². The van der Waals surface area contributed by atoms with E-state index in [4.69, 9.17) is 10.5 Å². The van der Waals surface area contributed by atoms with Crippen molar-refractivity contribution in [3.8, 4) is 11.8 Å². The molecule has 0 aromatic heterocycles. The fourth-order valence-electron chi connectivity index (χ4n) is 2.97. The van der Waals surface area contributed by atoms with Gasteiger partial charge in [-0.3, -0.25) is 0 Å². The lowest BCUT2D eigenvalue weighted by atomic mass is 9.81. The van der Waals surface area contributed by atoms with E-state index < -0.39 is 0 Å². The lowest BCUT2D eigenvalue weighted by Gasteiger charge is -2.32. The number of nitrogen functional groups attached to an aromatic ring is 1. The fourth-order valence-corrected chi connectivity index (χ4v) is 4.46. The van der Waals surface area contributed by atoms with Crippen LogP contribution in [0.4, 0.5) is 5.69 Å². The maximum atomic E-state index is 11.8. The zero-order chi connectivity index (χ0) is 18.7. The smallest absolute Gasteiger partial charge is 0.338 e. The molecule has 0 unspecified atom stereocenters. The summed E-state index contributed by atoms with van der Waals surface area (Å²) in [6.45, 7) is 6.69. The van der Waals surface area contributed by atoms with E-state index >= 15 is 0 Å². The lowest BCUT2D eigenvalue weighted by Crippen LogP contribution is -2.22. The van der Waals surface area contributed by atoms with E-state index in [0.29, 0.717) is 23.4 Å². The van der Waals surface area contributed by atoms with Crippen LogP contribution in [0.25, 0.3) is 0 Å². The normalized spacial score (nSPS) is 14.7. The van der Waals surface area contributed by atoms with Crippen LogP contribution in [0.15, 0.2) is 41.3 Å². The standard InChI is InChI=1S/C22H23NO2S/c1-4-25-21(24)17-9-8-16(19(23)14-17)7-5-15-6-10-20-18(13-15)22(2,3)11-12-26-20/h6,8-10,13-14H,4,11-12,23H2,1-3H3. The van der Waals surface area contributed by atoms with Crippen LogP contribution in [0.5, 0.6) is 0 Å². The number of rotatable bonds is 2. The molecule has 0 fully saturated rings. The predicted octanol–water partition coefficient (Wildman–Crippen LogP) is 4.62. The van der Waals surface area contributed by atoms with E-state index in [0.717, 1.165) is 11.3 Å². The van der Waals surface area contributed by atoms with E-state index in [1.54, 1.807) is 25.1 Å². The molecule has 0 amide bonds. The number of anilines is 1. The summed E-state index contributed by atoms with van der Waals surface area (Å²) in [5.41, 5.74) is 10.2. The third-order valence-corrected chi connectivity index (χ3v) is 5.67. The van der Waals surface area contributed by atoms with Crippen LogP contribution < -0.4 is 5.73 Å². The Morgan fingerprint density at radius 2 is 2.04 bits per heavy atom. The number of hydrogen-bond acceptors (Lipinski definition) is 4. The van der Waals surface area contributed by atoms with Gasteiger partial charge in [-0.25, -0.2) is 4.79 Å². The molecule has 1 heterocycles. The van der Waals surface area contributed by atoms with Crippen molar-refractivity contribution in [2.24, 2.45) is 0 Å². The maximum absolute atomic E-state index is 11.8. The predicted molar refractivity (Wildman–Crippen MR) is 108 cm³/mol. The molecule has 2 N–H and O–H groups in total. The van der Waals surface area contributed by atoms with Crippen molar-refractivity contribution in [2.45, 2.75) is 37.5 Å². The van der Waals surface area contributed by atoms with Gasteiger partial charge in [-0.05, 0) is 66.5 Å². The molecule has 1 aliphatic rings. The van der Waals surface area contributed by atoms with Gasteiger partial charge in [0.2, 0.25) is 0 Å². The Bertz CT molecular complexity index is 906. The van der Waals surface area contributed by atoms with Crippen molar-refractivity contribution in [3.05, 3.63) is 58.7 Å². The summed E-state index contributed by atoms with van der Waals surface area (Å²) >= 11 is 1.91. The molecular weight excluding hydrogens is 342 g/mol. The number of nitrogens with two attached hydrogens (primary N) is 1. The van der Waals surface area contributed by atoms with Gasteiger partial charge in [0.15, 0.2) is 0 Å². The van der Waals surface area contributed by atoms with Crippen LogP contribution in [0.3, 0.4) is 0 Å². The summed E-state index contributed by atoms with van der Waals surface area (Å²) in [6, 6.07) is 11.5. The molecule has 0 bridgehead atoms. The Kier molecular flexibility index (Phi) is 5.29. The highest BCUT2D eigenvalue weighted by molar-refractivity contribution is 7.99. The topological polar surface area (TPSA) is 52.3 Å². The summed E-state index contributed by atoms with van der Waals surface area (Å²) < 4.78 is 4.99. The average Bonchev–Trinajstić information content (AvgIpc) is 2.61. The molecule has 0 saturated carbocycles. The Morgan fingerprint density at radius 1 is 1.23 bits per heavy atom. The monoisotopic (exact) mass is 365 g/mol. The maximum Gasteiger partial charge on any atom is 0.338 e. The first-order valence-electron chi connectivity index (χ1n) is 8.77. The van der Waals surface area contributed by atoms with Gasteiger partial charge >= 0.3 is 5.97 Å². The van der Waals surface area contributed by atoms with Crippen molar-refractivity contribution in [1.29, 1.82) is 0 Å². The number of esters is 1. The third kappa shape index (κ3) is 3.89. The molecule has 2 aromatic rings. The van der Waals surface area contributed by atoms with Crippen LogP contribution in [0.1, 0.15) is 54.2 Å². The van der Waals surface area contributed by atoms with Gasteiger partial charge in [-0.2, -0.15) is 0 Å². The summed E-state index contributed by atoms with van der Waals surface area (Å²) in [6.07, 6.45) is 1.17. The number of hydrogen-bond donors (Lipinski definition) is 1. The number of fused-ring (bicyclic) bond motifs is 1. The van der Waals surface area contributed by atoms with E-state index in [9.17, 15) is 4.79 Å². The second-order valence-electron chi connectivity index (χ2n) is 6.97. The van der Waals surface area contributed by atoms with Crippen molar-refractivity contribution in [2.75, 3.05) is 18.1 Å². The minimum atomic E-state index is -0.367. The van der Waals surface area contributed by atoms with Crippen LogP contribution in [0, 0.1) is 11.8 Å². The molecule has 0 spiro atoms. The summed E-state index contributed by atoms with van der Waals surface area (Å²) in [5.74, 6) is 7.13. The highest BCUT2D eigenvalue weighted by Crippen LogP contribution is 2.41. The Morgan fingerprint density at radius 3 is 2.77 bits per heavy atom. The number of benzene rings is 2. The van der Waals surface area contributed by atoms with Crippen LogP contribution in [-0.2, 0) is 10.2 Å². The first kappa shape index (κ1) is 18.4. The zero-order valence-corrected chi connectivity index (χ0v) is 16.2. The number of ether oxygens (including phenoxy) is 1. The minimum absolute atomic E-state index is 0.179. The van der Waals surface area contributed by atoms with Crippen molar-refractivity contribution in [3.63, 3.8) is 0 Å². The molecular formula is C22H23NO2S. The largest absolute Gasteiger partial charge is 0.462 e. The van der Waals surface area contributed by atoms with E-state index in [1.807, 2.05) is 11.8 Å². The quantitative estimate of drug-likeness (QED) is 0.479. The first-order chi connectivity index (χ1) is 12.4. The Labute approximate surface area is 159 Å². The van der Waals surface area contributed by atoms with Crippen molar-refractivity contribution in [1.82, 2.24) is 0 Å². The molecule has 2 aromatic carbocycles. The summed E-state index contributed by atoms with van der Waals surface area (Å²) in [5, 5.41) is 0. The van der Waals surface area contributed by atoms with Gasteiger partial charge in [-0.15, -0.1) is 11.8 Å². The SMILES string of the molecule is CCOC(=O)c1ccc(C#Cc2ccc3c(c2)C(C)(C)CCS3)c(N)c1. The van der Waals surface area contributed by atoms with Crippen LogP contribution in [-0.4, -0.2) is 18.3 Å². The van der Waals surface area contributed by atoms with Crippen LogP contribution in [0.2, 0.25) is 0 Å². The second kappa shape index (κ2) is 7.47. The number of carbonyl (C=O) groups excluding carboxylic acids is 1. The molecule has 0 aliphatic carbocycles. The average molecular weight is 365 g/mol. The van der Waals surface area contributed by atoms with Crippen LogP contribution >= 0.6 is 11.8 Å². The van der Waals surface area contributed by atoms with Gasteiger partial charge in [0.1, 0.15) is 0 Å². The van der Waals surface area contributed by atoms with Gasteiger partial charge in [0, 0.05) is 21.7 Å². The summed E-state index contributed by atoms with van der Waals surface area (Å²) in [7, 11) is 0. The van der Waals surface area contributed by atoms with Crippen molar-refractivity contribution >= 4 is 23.4 Å². The lowest BCUT2D eigenvalue weighted by molar-refractivity contribution is 0.0526. The van der Waals surface area contributed by atoms with Crippen molar-refractivity contribution < 1.29 is 9.53 Å². The minimum Gasteiger partial charge on any atom is -0.462 e. The molecule has 0 atom stereocenters. The Balaban J connectivity index is 1.87. The van der Waals surface area contributed by atoms with E-state index in [1.165, 1.54) is 16.9 Å². The van der Waals surface area contributed by atoms with Gasteiger partial charge in [-0.1, -0.05) is 25.7 Å². The molecule has 3 nitrogen and oxygen atoms in total. The number of thioether (sulfide) groups is 1. The molecule has 0 saturated heterocycles. The molecule has 134 valence electrons. The molecule has 4 heteroatoms.